The standard InChI is InChI=1S/C34H47FN8O2/c1-3-29(23-10-12-24(13-11-23)33(44)45)38-34-39-30-14-17-43(27-9-7-8-26(35)18-27)21-28(30)32(40-34)37-31(25-19-36-41(2)20-25)22-42-15-5-4-6-16-42/h7-9,18-20,23-24,29,31H,3-6,10-17,21-22H2,1-2H3,(H,44,45)(H2,37,38,39,40)/t23?,24?,29-,31+/m1/s1. The Morgan fingerprint density at radius 3 is 2.58 bits per heavy atom. The molecule has 1 saturated carbocycles. The Morgan fingerprint density at radius 1 is 1.09 bits per heavy atom. The zero-order valence-electron chi connectivity index (χ0n) is 26.6. The number of aromatic nitrogens is 4. The molecule has 11 heteroatoms. The van der Waals surface area contributed by atoms with E-state index in [1.807, 2.05) is 24.0 Å². The number of hydrogen-bond acceptors (Lipinski definition) is 8. The summed E-state index contributed by atoms with van der Waals surface area (Å²) in [6, 6.07) is 6.94. The van der Waals surface area contributed by atoms with Crippen LogP contribution < -0.4 is 15.5 Å². The SMILES string of the molecule is CC[C@@H](Nc1nc2c(c(N[C@@H](CN3CCCCC3)c3cnn(C)c3)n1)CN(c1cccc(F)c1)CC2)C1CCC(C(=O)O)CC1. The molecule has 3 aliphatic rings. The molecule has 1 aromatic carbocycles. The molecule has 2 fully saturated rings. The van der Waals surface area contributed by atoms with Gasteiger partial charge in [-0.1, -0.05) is 19.4 Å². The average molecular weight is 619 g/mol. The van der Waals surface area contributed by atoms with Crippen molar-refractivity contribution >= 4 is 23.4 Å². The van der Waals surface area contributed by atoms with Crippen molar-refractivity contribution in [3.8, 4) is 0 Å². The van der Waals surface area contributed by atoms with Crippen molar-refractivity contribution in [2.75, 3.05) is 41.7 Å². The van der Waals surface area contributed by atoms with E-state index in [0.29, 0.717) is 18.4 Å². The molecule has 1 aliphatic carbocycles. The number of nitrogens with zero attached hydrogens (tertiary/aromatic N) is 6. The number of likely N-dealkylation sites (tertiary alicyclic amines) is 1. The van der Waals surface area contributed by atoms with Crippen molar-refractivity contribution in [3.05, 3.63) is 59.3 Å². The fraction of sp³-hybridized carbons (Fsp3) is 0.588. The molecular formula is C34H47FN8O2. The molecule has 0 bridgehead atoms. The summed E-state index contributed by atoms with van der Waals surface area (Å²) in [4.78, 5) is 26.5. The number of aryl methyl sites for hydroxylation is 1. The van der Waals surface area contributed by atoms with Crippen LogP contribution in [0.4, 0.5) is 21.8 Å². The van der Waals surface area contributed by atoms with Crippen LogP contribution in [-0.4, -0.2) is 67.9 Å². The molecule has 1 saturated heterocycles. The summed E-state index contributed by atoms with van der Waals surface area (Å²) in [5, 5.41) is 21.5. The highest BCUT2D eigenvalue weighted by atomic mass is 19.1. The first-order chi connectivity index (χ1) is 21.9. The number of rotatable bonds is 11. The largest absolute Gasteiger partial charge is 0.481 e. The highest BCUT2D eigenvalue weighted by Gasteiger charge is 2.32. The number of hydrogen-bond donors (Lipinski definition) is 3. The molecule has 2 aliphatic heterocycles. The van der Waals surface area contributed by atoms with Crippen LogP contribution >= 0.6 is 0 Å². The maximum Gasteiger partial charge on any atom is 0.306 e. The third-order valence-electron chi connectivity index (χ3n) is 10.0. The fourth-order valence-corrected chi connectivity index (χ4v) is 7.40. The summed E-state index contributed by atoms with van der Waals surface area (Å²) in [5.74, 6) is 0.647. The highest BCUT2D eigenvalue weighted by Crippen LogP contribution is 2.35. The van der Waals surface area contributed by atoms with E-state index in [4.69, 9.17) is 9.97 Å². The zero-order valence-corrected chi connectivity index (χ0v) is 26.6. The van der Waals surface area contributed by atoms with Crippen LogP contribution in [0.15, 0.2) is 36.7 Å². The van der Waals surface area contributed by atoms with Gasteiger partial charge in [0.15, 0.2) is 0 Å². The first-order valence-electron chi connectivity index (χ1n) is 16.7. The van der Waals surface area contributed by atoms with Gasteiger partial charge in [-0.3, -0.25) is 9.48 Å². The van der Waals surface area contributed by atoms with Crippen LogP contribution in [0.2, 0.25) is 0 Å². The van der Waals surface area contributed by atoms with Gasteiger partial charge in [0.05, 0.1) is 23.9 Å². The van der Waals surface area contributed by atoms with Gasteiger partial charge in [-0.05, 0) is 82.2 Å². The van der Waals surface area contributed by atoms with Crippen molar-refractivity contribution < 1.29 is 14.3 Å². The van der Waals surface area contributed by atoms with Crippen LogP contribution in [0, 0.1) is 17.7 Å². The molecule has 0 spiro atoms. The Kier molecular flexibility index (Phi) is 9.82. The maximum atomic E-state index is 14.2. The van der Waals surface area contributed by atoms with Gasteiger partial charge in [-0.2, -0.15) is 10.1 Å². The summed E-state index contributed by atoms with van der Waals surface area (Å²) in [6.45, 7) is 6.52. The maximum absolute atomic E-state index is 14.2. The summed E-state index contributed by atoms with van der Waals surface area (Å²) in [7, 11) is 1.95. The Hall–Kier alpha value is -3.73. The van der Waals surface area contributed by atoms with Gasteiger partial charge in [0.2, 0.25) is 5.95 Å². The highest BCUT2D eigenvalue weighted by molar-refractivity contribution is 5.70. The van der Waals surface area contributed by atoms with Crippen LogP contribution in [0.5, 0.6) is 0 Å². The molecule has 2 atom stereocenters. The quantitative estimate of drug-likeness (QED) is 0.252. The molecule has 0 unspecified atom stereocenters. The average Bonchev–Trinajstić information content (AvgIpc) is 3.49. The number of halogens is 1. The van der Waals surface area contributed by atoms with Gasteiger partial charge in [-0.15, -0.1) is 0 Å². The molecule has 242 valence electrons. The van der Waals surface area contributed by atoms with Crippen molar-refractivity contribution in [2.24, 2.45) is 18.9 Å². The Morgan fingerprint density at radius 2 is 1.89 bits per heavy atom. The third kappa shape index (κ3) is 7.57. The Labute approximate surface area is 265 Å². The first kappa shape index (κ1) is 31.3. The summed E-state index contributed by atoms with van der Waals surface area (Å²) in [5.41, 5.74) is 4.02. The van der Waals surface area contributed by atoms with Gasteiger partial charge >= 0.3 is 5.97 Å². The lowest BCUT2D eigenvalue weighted by Crippen LogP contribution is -2.37. The second-order valence-electron chi connectivity index (χ2n) is 13.1. The van der Waals surface area contributed by atoms with Crippen molar-refractivity contribution in [1.82, 2.24) is 24.6 Å². The van der Waals surface area contributed by atoms with Gasteiger partial charge in [0, 0.05) is 62.2 Å². The number of carboxylic acid groups (broad SMARTS) is 1. The summed E-state index contributed by atoms with van der Waals surface area (Å²) < 4.78 is 16.0. The second kappa shape index (κ2) is 14.1. The van der Waals surface area contributed by atoms with Crippen LogP contribution in [0.3, 0.4) is 0 Å². The van der Waals surface area contributed by atoms with Crippen molar-refractivity contribution in [3.63, 3.8) is 0 Å². The lowest BCUT2D eigenvalue weighted by molar-refractivity contribution is -0.143. The van der Waals surface area contributed by atoms with E-state index in [0.717, 1.165) is 93.0 Å². The number of aliphatic carboxylic acids is 1. The molecule has 3 N–H and O–H groups in total. The van der Waals surface area contributed by atoms with E-state index in [1.165, 1.54) is 25.3 Å². The first-order valence-corrected chi connectivity index (χ1v) is 16.7. The number of piperidine rings is 1. The van der Waals surface area contributed by atoms with Crippen molar-refractivity contribution in [1.29, 1.82) is 0 Å². The van der Waals surface area contributed by atoms with Gasteiger partial charge in [0.25, 0.3) is 0 Å². The lowest BCUT2D eigenvalue weighted by atomic mass is 9.78. The molecule has 3 aromatic rings. The number of benzene rings is 1. The predicted molar refractivity (Wildman–Crippen MR) is 174 cm³/mol. The molecule has 4 heterocycles. The van der Waals surface area contributed by atoms with E-state index in [-0.39, 0.29) is 23.8 Å². The molecule has 0 amide bonds. The molecule has 6 rings (SSSR count). The minimum absolute atomic E-state index is 0.0125. The zero-order chi connectivity index (χ0) is 31.3. The smallest absolute Gasteiger partial charge is 0.306 e. The Bertz CT molecular complexity index is 1450. The number of carboxylic acids is 1. The van der Waals surface area contributed by atoms with Crippen LogP contribution in [-0.2, 0) is 24.8 Å². The summed E-state index contributed by atoms with van der Waals surface area (Å²) in [6.07, 6.45) is 12.6. The van der Waals surface area contributed by atoms with E-state index in [9.17, 15) is 14.3 Å². The predicted octanol–water partition coefficient (Wildman–Crippen LogP) is 5.63. The topological polar surface area (TPSA) is 111 Å². The van der Waals surface area contributed by atoms with E-state index >= 15 is 0 Å². The van der Waals surface area contributed by atoms with Crippen molar-refractivity contribution in [2.45, 2.75) is 83.3 Å². The van der Waals surface area contributed by atoms with Gasteiger partial charge in [-0.25, -0.2) is 9.37 Å². The monoisotopic (exact) mass is 618 g/mol. The minimum atomic E-state index is -0.678. The van der Waals surface area contributed by atoms with E-state index in [1.54, 1.807) is 12.1 Å². The molecule has 10 nitrogen and oxygen atoms in total. The number of nitrogens with one attached hydrogen (secondary N) is 2. The molecule has 2 aromatic heterocycles. The van der Waals surface area contributed by atoms with Crippen LogP contribution in [0.1, 0.15) is 81.2 Å². The molecule has 45 heavy (non-hydrogen) atoms. The Balaban J connectivity index is 1.30. The van der Waals surface area contributed by atoms with Gasteiger partial charge in [0.1, 0.15) is 11.6 Å². The number of carbonyl (C=O) groups is 1. The van der Waals surface area contributed by atoms with Gasteiger partial charge < -0.3 is 25.5 Å². The molecular weight excluding hydrogens is 571 g/mol. The third-order valence-corrected chi connectivity index (χ3v) is 10.0. The van der Waals surface area contributed by atoms with Crippen LogP contribution in [0.25, 0.3) is 0 Å². The number of anilines is 3. The fourth-order valence-electron chi connectivity index (χ4n) is 7.40. The summed E-state index contributed by atoms with van der Waals surface area (Å²) >= 11 is 0. The normalized spacial score (nSPS) is 22.0. The second-order valence-corrected chi connectivity index (χ2v) is 13.1. The minimum Gasteiger partial charge on any atom is -0.481 e. The van der Waals surface area contributed by atoms with E-state index < -0.39 is 5.97 Å². The molecule has 0 radical (unpaired) electrons. The lowest BCUT2D eigenvalue weighted by Gasteiger charge is -2.35. The number of fused-ring (bicyclic) bond motifs is 1. The van der Waals surface area contributed by atoms with E-state index in [2.05, 4.69) is 38.7 Å².